The zero-order valence-electron chi connectivity index (χ0n) is 19.9. The first-order valence-corrected chi connectivity index (χ1v) is 11.8. The van der Waals surface area contributed by atoms with E-state index in [0.29, 0.717) is 0 Å². The molecule has 0 fully saturated rings. The number of para-hydroxylation sites is 1. The van der Waals surface area contributed by atoms with Gasteiger partial charge in [-0.15, -0.1) is 0 Å². The van der Waals surface area contributed by atoms with Crippen molar-refractivity contribution in [2.45, 2.75) is 50.9 Å². The van der Waals surface area contributed by atoms with Crippen LogP contribution in [0.25, 0.3) is 10.9 Å². The number of hydrogen-bond acceptors (Lipinski definition) is 7. The van der Waals surface area contributed by atoms with E-state index in [1.165, 1.54) is 0 Å². The van der Waals surface area contributed by atoms with Crippen molar-refractivity contribution >= 4 is 53.2 Å². The lowest BCUT2D eigenvalue weighted by molar-refractivity contribution is -0.143. The average molecular weight is 522 g/mol. The molecular formula is C23H31N5O7S. The van der Waals surface area contributed by atoms with E-state index in [1.54, 1.807) is 20.0 Å². The Kier molecular flexibility index (Phi) is 10.3. The Morgan fingerprint density at radius 3 is 2.19 bits per heavy atom. The topological polar surface area (TPSA) is 204 Å². The van der Waals surface area contributed by atoms with Gasteiger partial charge in [0.05, 0.1) is 12.5 Å². The number of aromatic nitrogens is 1. The SMILES string of the molecule is CC(C)C(NC(=O)C(N)Cc1c[nH]c2ccccc12)C(=O)NC(CC(=O)O)C(=O)NC(CS)C(=O)O. The van der Waals surface area contributed by atoms with Gasteiger partial charge in [-0.2, -0.15) is 12.6 Å². The third-order valence-corrected chi connectivity index (χ3v) is 5.87. The van der Waals surface area contributed by atoms with Gasteiger partial charge in [0.1, 0.15) is 18.1 Å². The molecule has 0 radical (unpaired) electrons. The molecule has 4 unspecified atom stereocenters. The molecule has 1 heterocycles. The van der Waals surface area contributed by atoms with E-state index in [1.807, 2.05) is 24.3 Å². The summed E-state index contributed by atoms with van der Waals surface area (Å²) in [6.07, 6.45) is 1.16. The lowest BCUT2D eigenvalue weighted by Crippen LogP contribution is -2.59. The van der Waals surface area contributed by atoms with E-state index < -0.39 is 66.2 Å². The number of aliphatic carboxylic acids is 2. The summed E-state index contributed by atoms with van der Waals surface area (Å²) in [5.41, 5.74) is 7.82. The highest BCUT2D eigenvalue weighted by Gasteiger charge is 2.32. The molecule has 36 heavy (non-hydrogen) atoms. The molecule has 1 aromatic heterocycles. The second-order valence-corrected chi connectivity index (χ2v) is 9.01. The van der Waals surface area contributed by atoms with Gasteiger partial charge in [-0.25, -0.2) is 4.79 Å². The number of fused-ring (bicyclic) bond motifs is 1. The molecule has 0 aliphatic heterocycles. The third kappa shape index (κ3) is 7.71. The standard InChI is InChI=1S/C23H31N5O7S/c1-11(2)19(22(33)26-16(8-18(29)30)21(32)27-17(10-36)23(34)35)28-20(31)14(24)7-12-9-25-15-6-4-3-5-13(12)15/h3-6,9,11,14,16-17,19,25,36H,7-8,10,24H2,1-2H3,(H,26,33)(H,27,32)(H,28,31)(H,29,30)(H,34,35). The van der Waals surface area contributed by atoms with Crippen molar-refractivity contribution < 1.29 is 34.2 Å². The maximum absolute atomic E-state index is 12.9. The van der Waals surface area contributed by atoms with E-state index in [9.17, 15) is 24.0 Å². The number of nitrogens with two attached hydrogens (primary N) is 1. The maximum Gasteiger partial charge on any atom is 0.327 e. The van der Waals surface area contributed by atoms with Crippen LogP contribution in [0.1, 0.15) is 25.8 Å². The summed E-state index contributed by atoms with van der Waals surface area (Å²) >= 11 is 3.84. The molecule has 0 spiro atoms. The van der Waals surface area contributed by atoms with E-state index in [-0.39, 0.29) is 12.2 Å². The Hall–Kier alpha value is -3.58. The van der Waals surface area contributed by atoms with Gasteiger partial charge in [-0.3, -0.25) is 19.2 Å². The van der Waals surface area contributed by atoms with Gasteiger partial charge in [0, 0.05) is 22.9 Å². The second kappa shape index (κ2) is 12.9. The monoisotopic (exact) mass is 521 g/mol. The van der Waals surface area contributed by atoms with Crippen LogP contribution in [-0.4, -0.2) is 74.8 Å². The largest absolute Gasteiger partial charge is 0.481 e. The van der Waals surface area contributed by atoms with Crippen LogP contribution in [0.3, 0.4) is 0 Å². The van der Waals surface area contributed by atoms with Gasteiger partial charge in [0.2, 0.25) is 17.7 Å². The lowest BCUT2D eigenvalue weighted by atomic mass is 10.0. The van der Waals surface area contributed by atoms with Crippen LogP contribution >= 0.6 is 12.6 Å². The van der Waals surface area contributed by atoms with Gasteiger partial charge in [0.25, 0.3) is 0 Å². The molecule has 0 bridgehead atoms. The first kappa shape index (κ1) is 28.7. The van der Waals surface area contributed by atoms with Crippen molar-refractivity contribution in [1.82, 2.24) is 20.9 Å². The minimum atomic E-state index is -1.57. The number of carbonyl (C=O) groups is 5. The fraction of sp³-hybridized carbons (Fsp3) is 0.435. The van der Waals surface area contributed by atoms with Crippen LogP contribution in [0, 0.1) is 5.92 Å². The number of aromatic amines is 1. The fourth-order valence-electron chi connectivity index (χ4n) is 3.53. The molecule has 13 heteroatoms. The van der Waals surface area contributed by atoms with Gasteiger partial charge in [-0.05, 0) is 24.0 Å². The van der Waals surface area contributed by atoms with E-state index in [2.05, 4.69) is 33.6 Å². The van der Waals surface area contributed by atoms with Crippen molar-refractivity contribution in [2.75, 3.05) is 5.75 Å². The number of amides is 3. The van der Waals surface area contributed by atoms with E-state index in [4.69, 9.17) is 15.9 Å². The smallest absolute Gasteiger partial charge is 0.327 e. The molecule has 2 rings (SSSR count). The summed E-state index contributed by atoms with van der Waals surface area (Å²) < 4.78 is 0. The first-order valence-electron chi connectivity index (χ1n) is 11.2. The molecule has 0 aliphatic rings. The molecule has 3 amide bonds. The molecule has 4 atom stereocenters. The Balaban J connectivity index is 2.10. The molecule has 0 saturated heterocycles. The molecule has 12 nitrogen and oxygen atoms in total. The third-order valence-electron chi connectivity index (χ3n) is 5.51. The highest BCUT2D eigenvalue weighted by atomic mass is 32.1. The molecule has 0 aliphatic carbocycles. The summed E-state index contributed by atoms with van der Waals surface area (Å²) in [4.78, 5) is 63.8. The molecule has 196 valence electrons. The van der Waals surface area contributed by atoms with Gasteiger partial charge in [-0.1, -0.05) is 32.0 Å². The van der Waals surface area contributed by atoms with Crippen molar-refractivity contribution in [3.63, 3.8) is 0 Å². The number of thiol groups is 1. The van der Waals surface area contributed by atoms with Crippen LogP contribution in [0.2, 0.25) is 0 Å². The van der Waals surface area contributed by atoms with Crippen molar-refractivity contribution in [2.24, 2.45) is 11.7 Å². The van der Waals surface area contributed by atoms with Crippen molar-refractivity contribution in [3.8, 4) is 0 Å². The highest BCUT2D eigenvalue weighted by molar-refractivity contribution is 7.80. The Morgan fingerprint density at radius 2 is 1.61 bits per heavy atom. The predicted octanol–water partition coefficient (Wildman–Crippen LogP) is -0.363. The number of carbonyl (C=O) groups excluding carboxylic acids is 3. The quantitative estimate of drug-likeness (QED) is 0.163. The first-order chi connectivity index (χ1) is 16.9. The van der Waals surface area contributed by atoms with Crippen LogP contribution in [0.4, 0.5) is 0 Å². The Morgan fingerprint density at radius 1 is 0.972 bits per heavy atom. The summed E-state index contributed by atoms with van der Waals surface area (Å²) in [5.74, 6) is -5.85. The molecular weight excluding hydrogens is 490 g/mol. The molecule has 0 saturated carbocycles. The number of carboxylic acids is 2. The number of H-pyrrole nitrogens is 1. The van der Waals surface area contributed by atoms with Crippen LogP contribution in [0.15, 0.2) is 30.5 Å². The maximum atomic E-state index is 12.9. The minimum Gasteiger partial charge on any atom is -0.481 e. The van der Waals surface area contributed by atoms with Crippen LogP contribution in [0.5, 0.6) is 0 Å². The Labute approximate surface area is 212 Å². The Bertz CT molecular complexity index is 1120. The van der Waals surface area contributed by atoms with Gasteiger partial charge < -0.3 is 36.9 Å². The zero-order valence-corrected chi connectivity index (χ0v) is 20.7. The fourth-order valence-corrected chi connectivity index (χ4v) is 3.78. The number of carboxylic acid groups (broad SMARTS) is 2. The summed E-state index contributed by atoms with van der Waals surface area (Å²) in [7, 11) is 0. The molecule has 1 aromatic carbocycles. The lowest BCUT2D eigenvalue weighted by Gasteiger charge is -2.26. The highest BCUT2D eigenvalue weighted by Crippen LogP contribution is 2.19. The normalized spacial score (nSPS) is 14.5. The predicted molar refractivity (Wildman–Crippen MR) is 134 cm³/mol. The summed E-state index contributed by atoms with van der Waals surface area (Å²) in [5, 5.41) is 26.2. The second-order valence-electron chi connectivity index (χ2n) is 8.64. The number of hydrogen-bond donors (Lipinski definition) is 8. The van der Waals surface area contributed by atoms with Crippen molar-refractivity contribution in [3.05, 3.63) is 36.0 Å². The summed E-state index contributed by atoms with van der Waals surface area (Å²) in [6, 6.07) is 2.46. The van der Waals surface area contributed by atoms with Crippen LogP contribution < -0.4 is 21.7 Å². The average Bonchev–Trinajstić information content (AvgIpc) is 3.22. The number of rotatable bonds is 13. The van der Waals surface area contributed by atoms with E-state index >= 15 is 0 Å². The molecule has 8 N–H and O–H groups in total. The number of nitrogens with one attached hydrogen (secondary N) is 4. The van der Waals surface area contributed by atoms with E-state index in [0.717, 1.165) is 16.5 Å². The minimum absolute atomic E-state index is 0.201. The molecule has 2 aromatic rings. The summed E-state index contributed by atoms with van der Waals surface area (Å²) in [6.45, 7) is 3.31. The zero-order chi connectivity index (χ0) is 27.0. The van der Waals surface area contributed by atoms with Gasteiger partial charge in [0.15, 0.2) is 0 Å². The van der Waals surface area contributed by atoms with Crippen LogP contribution in [-0.2, 0) is 30.4 Å². The van der Waals surface area contributed by atoms with Crippen molar-refractivity contribution in [1.29, 1.82) is 0 Å². The van der Waals surface area contributed by atoms with Gasteiger partial charge >= 0.3 is 11.9 Å². The number of benzene rings is 1.